The first kappa shape index (κ1) is 18.5. The molecule has 2 aromatic rings. The number of ether oxygens (including phenoxy) is 1. The zero-order valence-corrected chi connectivity index (χ0v) is 17.8. The molecule has 2 aromatic carbocycles. The fourth-order valence-electron chi connectivity index (χ4n) is 4.34. The van der Waals surface area contributed by atoms with Gasteiger partial charge in [0.05, 0.1) is 10.4 Å². The highest BCUT2D eigenvalue weighted by Crippen LogP contribution is 2.54. The topological polar surface area (TPSA) is 46.5 Å². The summed E-state index contributed by atoms with van der Waals surface area (Å²) in [5.41, 5.74) is 5.58. The molecule has 2 atom stereocenters. The van der Waals surface area contributed by atoms with Crippen LogP contribution < -0.4 is 4.74 Å². The number of carbonyl (C=O) groups is 1. The average molecular weight is 429 g/mol. The molecule has 1 N–H and O–H groups in total. The van der Waals surface area contributed by atoms with Crippen molar-refractivity contribution in [2.24, 2.45) is 0 Å². The number of carboxylic acids is 1. The van der Waals surface area contributed by atoms with Crippen LogP contribution in [0.5, 0.6) is 5.75 Å². The van der Waals surface area contributed by atoms with Crippen molar-refractivity contribution in [3.63, 3.8) is 0 Å². The van der Waals surface area contributed by atoms with Crippen LogP contribution in [0.4, 0.5) is 0 Å². The molecular formula is C23H25BrO3. The van der Waals surface area contributed by atoms with Crippen molar-refractivity contribution in [3.8, 4) is 5.75 Å². The maximum atomic E-state index is 11.1. The van der Waals surface area contributed by atoms with Crippen molar-refractivity contribution in [2.75, 3.05) is 0 Å². The van der Waals surface area contributed by atoms with E-state index in [4.69, 9.17) is 9.84 Å². The smallest absolute Gasteiger partial charge is 0.335 e. The zero-order chi connectivity index (χ0) is 19.6. The van der Waals surface area contributed by atoms with Gasteiger partial charge in [-0.05, 0) is 64.6 Å². The summed E-state index contributed by atoms with van der Waals surface area (Å²) in [4.78, 5) is 11.2. The number of hydrogen-bond donors (Lipinski definition) is 1. The molecule has 27 heavy (non-hydrogen) atoms. The Balaban J connectivity index is 1.74. The molecule has 0 spiro atoms. The average Bonchev–Trinajstić information content (AvgIpc) is 2.94. The molecule has 1 aliphatic heterocycles. The van der Waals surface area contributed by atoms with Crippen LogP contribution in [0.25, 0.3) is 0 Å². The number of rotatable bonds is 2. The summed E-state index contributed by atoms with van der Waals surface area (Å²) < 4.78 is 6.34. The van der Waals surface area contributed by atoms with Crippen molar-refractivity contribution in [1.29, 1.82) is 0 Å². The van der Waals surface area contributed by atoms with E-state index in [1.54, 1.807) is 12.1 Å². The van der Waals surface area contributed by atoms with Crippen molar-refractivity contribution in [1.82, 2.24) is 0 Å². The van der Waals surface area contributed by atoms with Crippen LogP contribution in [0.15, 0.2) is 36.4 Å². The maximum Gasteiger partial charge on any atom is 0.335 e. The van der Waals surface area contributed by atoms with Gasteiger partial charge in [-0.1, -0.05) is 55.8 Å². The first-order valence-corrected chi connectivity index (χ1v) is 10.3. The van der Waals surface area contributed by atoms with Crippen LogP contribution in [0.1, 0.15) is 84.1 Å². The summed E-state index contributed by atoms with van der Waals surface area (Å²) in [6, 6.07) is 11.5. The molecule has 1 heterocycles. The van der Waals surface area contributed by atoms with Crippen LogP contribution in [-0.2, 0) is 10.8 Å². The summed E-state index contributed by atoms with van der Waals surface area (Å²) in [7, 11) is 0. The van der Waals surface area contributed by atoms with E-state index < -0.39 is 5.97 Å². The SMILES string of the molecule is CC1(C)CCC(C)(C)c2cc3c(cc21)OC(c1ccc(C(=O)O)cc1)C3Br. The fraction of sp³-hybridized carbons (Fsp3) is 0.435. The molecule has 0 saturated carbocycles. The molecule has 2 unspecified atom stereocenters. The Morgan fingerprint density at radius 2 is 1.59 bits per heavy atom. The lowest BCUT2D eigenvalue weighted by Crippen LogP contribution is -2.33. The molecule has 0 aromatic heterocycles. The molecular weight excluding hydrogens is 404 g/mol. The molecule has 0 bridgehead atoms. The monoisotopic (exact) mass is 428 g/mol. The van der Waals surface area contributed by atoms with E-state index in [0.717, 1.165) is 11.3 Å². The minimum atomic E-state index is -0.912. The lowest BCUT2D eigenvalue weighted by Gasteiger charge is -2.42. The predicted octanol–water partition coefficient (Wildman–Crippen LogP) is 6.30. The number of carboxylic acid groups (broad SMARTS) is 1. The summed E-state index contributed by atoms with van der Waals surface area (Å²) in [5, 5.41) is 9.11. The molecule has 0 amide bonds. The van der Waals surface area contributed by atoms with E-state index in [0.29, 0.717) is 5.56 Å². The Hall–Kier alpha value is -1.81. The van der Waals surface area contributed by atoms with Gasteiger partial charge in [0.2, 0.25) is 0 Å². The summed E-state index contributed by atoms with van der Waals surface area (Å²) >= 11 is 3.84. The van der Waals surface area contributed by atoms with E-state index in [1.165, 1.54) is 29.5 Å². The number of fused-ring (bicyclic) bond motifs is 2. The molecule has 0 radical (unpaired) electrons. The lowest BCUT2D eigenvalue weighted by molar-refractivity contribution is 0.0696. The molecule has 3 nitrogen and oxygen atoms in total. The van der Waals surface area contributed by atoms with E-state index >= 15 is 0 Å². The van der Waals surface area contributed by atoms with Crippen LogP contribution in [0.2, 0.25) is 0 Å². The van der Waals surface area contributed by atoms with Gasteiger partial charge in [-0.2, -0.15) is 0 Å². The summed E-state index contributed by atoms with van der Waals surface area (Å²) in [6.45, 7) is 9.29. The van der Waals surface area contributed by atoms with E-state index in [2.05, 4.69) is 55.8 Å². The third-order valence-corrected chi connectivity index (χ3v) is 7.26. The highest BCUT2D eigenvalue weighted by Gasteiger charge is 2.41. The third kappa shape index (κ3) is 2.98. The normalized spacial score (nSPS) is 24.6. The molecule has 1 aliphatic carbocycles. The lowest BCUT2D eigenvalue weighted by atomic mass is 9.63. The number of halogens is 1. The van der Waals surface area contributed by atoms with Gasteiger partial charge in [-0.3, -0.25) is 0 Å². The summed E-state index contributed by atoms with van der Waals surface area (Å²) in [6.07, 6.45) is 2.20. The standard InChI is InChI=1S/C23H25BrO3/c1-22(2)9-10-23(3,4)17-12-18-15(11-16(17)22)19(24)20(27-18)13-5-7-14(8-6-13)21(25)26/h5-8,11-12,19-20H,9-10H2,1-4H3,(H,25,26). The Morgan fingerprint density at radius 3 is 2.15 bits per heavy atom. The minimum absolute atomic E-state index is 0.0503. The molecule has 0 saturated heterocycles. The highest BCUT2D eigenvalue weighted by atomic mass is 79.9. The maximum absolute atomic E-state index is 11.1. The van der Waals surface area contributed by atoms with Crippen molar-refractivity contribution >= 4 is 21.9 Å². The van der Waals surface area contributed by atoms with Crippen molar-refractivity contribution in [3.05, 3.63) is 64.2 Å². The van der Waals surface area contributed by atoms with Gasteiger partial charge in [-0.25, -0.2) is 4.79 Å². The Bertz CT molecular complexity index is 912. The number of benzene rings is 2. The number of alkyl halides is 1. The van der Waals surface area contributed by atoms with Crippen LogP contribution in [-0.4, -0.2) is 11.1 Å². The predicted molar refractivity (Wildman–Crippen MR) is 110 cm³/mol. The van der Waals surface area contributed by atoms with E-state index in [1.807, 2.05) is 12.1 Å². The summed E-state index contributed by atoms with van der Waals surface area (Å²) in [5.74, 6) is 0.0263. The molecule has 4 heteroatoms. The van der Waals surface area contributed by atoms with Crippen LogP contribution in [0.3, 0.4) is 0 Å². The number of aromatic carboxylic acids is 1. The molecule has 0 fully saturated rings. The Labute approximate surface area is 168 Å². The Kier molecular flexibility index (Phi) is 4.19. The number of hydrogen-bond acceptors (Lipinski definition) is 2. The second-order valence-electron chi connectivity index (χ2n) is 9.07. The van der Waals surface area contributed by atoms with Crippen LogP contribution in [0, 0.1) is 0 Å². The van der Waals surface area contributed by atoms with Gasteiger partial charge >= 0.3 is 5.97 Å². The van der Waals surface area contributed by atoms with Gasteiger partial charge in [0.15, 0.2) is 0 Å². The zero-order valence-electron chi connectivity index (χ0n) is 16.2. The van der Waals surface area contributed by atoms with Crippen molar-refractivity contribution in [2.45, 2.75) is 62.3 Å². The quantitative estimate of drug-likeness (QED) is 0.570. The highest BCUT2D eigenvalue weighted by molar-refractivity contribution is 9.09. The first-order valence-electron chi connectivity index (χ1n) is 9.43. The molecule has 4 rings (SSSR count). The van der Waals surface area contributed by atoms with Crippen molar-refractivity contribution < 1.29 is 14.6 Å². The first-order chi connectivity index (χ1) is 12.6. The van der Waals surface area contributed by atoms with Gasteiger partial charge < -0.3 is 9.84 Å². The van der Waals surface area contributed by atoms with Gasteiger partial charge in [-0.15, -0.1) is 0 Å². The largest absolute Gasteiger partial charge is 0.484 e. The van der Waals surface area contributed by atoms with Gasteiger partial charge in [0, 0.05) is 5.56 Å². The minimum Gasteiger partial charge on any atom is -0.484 e. The molecule has 142 valence electrons. The second-order valence-corrected chi connectivity index (χ2v) is 10.1. The second kappa shape index (κ2) is 6.10. The van der Waals surface area contributed by atoms with Gasteiger partial charge in [0.1, 0.15) is 11.9 Å². The van der Waals surface area contributed by atoms with E-state index in [9.17, 15) is 4.79 Å². The Morgan fingerprint density at radius 1 is 1.04 bits per heavy atom. The third-order valence-electron chi connectivity index (χ3n) is 6.29. The fourth-order valence-corrected chi connectivity index (χ4v) is 5.11. The van der Waals surface area contributed by atoms with E-state index in [-0.39, 0.29) is 21.8 Å². The van der Waals surface area contributed by atoms with Crippen LogP contribution >= 0.6 is 15.9 Å². The molecule has 2 aliphatic rings. The van der Waals surface area contributed by atoms with Gasteiger partial charge in [0.25, 0.3) is 0 Å².